The molecule has 0 aromatic rings. The van der Waals surface area contributed by atoms with Crippen molar-refractivity contribution >= 4 is 0 Å². The molecule has 12 N–H and O–H groups in total. The molecule has 15 atom stereocenters. The van der Waals surface area contributed by atoms with Crippen molar-refractivity contribution in [3.63, 3.8) is 0 Å². The van der Waals surface area contributed by atoms with Crippen molar-refractivity contribution in [2.45, 2.75) is 92.1 Å². The Morgan fingerprint density at radius 3 is 0.692 bits per heavy atom. The first-order valence-corrected chi connectivity index (χ1v) is 10.6. The van der Waals surface area contributed by atoms with E-state index in [0.29, 0.717) is 0 Å². The van der Waals surface area contributed by atoms with E-state index < -0.39 is 112 Å². The van der Waals surface area contributed by atoms with Gasteiger partial charge in [0.15, 0.2) is 0 Å². The molecule has 0 bridgehead atoms. The van der Waals surface area contributed by atoms with Gasteiger partial charge in [0.05, 0.1) is 38.1 Å². The standard InChI is InChI=1S/3C6H11O6.3Na/c3*7-1-2-3(8)4(9)5(10)6(11)12-2;;;/h3*2-10H,1H2;;;/q3*-1;3*+1/t3*2-,3-,4+,5-,6?;;;/m111.../s1. The average Bonchev–Trinajstić information content (AvgIpc) is 2.87. The maximum absolute atomic E-state index is 10.7. The normalized spacial score (nSPS) is 45.5. The van der Waals surface area contributed by atoms with Crippen LogP contribution in [0.5, 0.6) is 0 Å². The first kappa shape index (κ1) is 45.7. The largest absolute Gasteiger partial charge is 1.00 e. The molecule has 0 amide bonds. The number of hydrogen-bond acceptors (Lipinski definition) is 18. The summed E-state index contributed by atoms with van der Waals surface area (Å²) in [5.41, 5.74) is 0. The van der Waals surface area contributed by atoms with Crippen molar-refractivity contribution in [1.29, 1.82) is 0 Å². The van der Waals surface area contributed by atoms with Crippen LogP contribution in [0.2, 0.25) is 0 Å². The van der Waals surface area contributed by atoms with Gasteiger partial charge in [0.1, 0.15) is 54.9 Å². The zero-order valence-corrected chi connectivity index (χ0v) is 27.6. The SMILES string of the molecule is [Na+].[Na+].[Na+].[O-]C1O[C@H](CO)[C@@H](O)[C@H](O)[C@H]1O.[O-]C1O[C@H](CO)[C@@H](O)[C@H](O)[C@H]1O.[O-]C1O[C@H](CO)[C@@H](O)[C@H](O)[C@H]1O. The third kappa shape index (κ3) is 12.7. The second kappa shape index (κ2) is 21.9. The van der Waals surface area contributed by atoms with Crippen LogP contribution in [0, 0.1) is 0 Å². The van der Waals surface area contributed by atoms with Crippen LogP contribution in [-0.4, -0.2) is 173 Å². The Kier molecular flexibility index (Phi) is 25.7. The molecule has 3 saturated heterocycles. The third-order valence-electron chi connectivity index (χ3n) is 5.55. The molecule has 3 unspecified atom stereocenters. The fraction of sp³-hybridized carbons (Fsp3) is 1.00. The van der Waals surface area contributed by atoms with E-state index in [1.165, 1.54) is 0 Å². The maximum Gasteiger partial charge on any atom is 1.00 e. The molecule has 3 rings (SSSR count). The first-order valence-electron chi connectivity index (χ1n) is 10.6. The summed E-state index contributed by atoms with van der Waals surface area (Å²) in [6.07, 6.45) is -22.7. The van der Waals surface area contributed by atoms with Crippen LogP contribution >= 0.6 is 0 Å². The molecule has 0 aromatic heterocycles. The average molecular weight is 606 g/mol. The van der Waals surface area contributed by atoms with E-state index in [1.54, 1.807) is 0 Å². The smallest absolute Gasteiger partial charge is 0.829 e. The van der Waals surface area contributed by atoms with E-state index in [9.17, 15) is 15.3 Å². The van der Waals surface area contributed by atoms with Crippen molar-refractivity contribution in [1.82, 2.24) is 0 Å². The van der Waals surface area contributed by atoms with Gasteiger partial charge in [-0.25, -0.2) is 0 Å². The molecule has 21 heteroatoms. The van der Waals surface area contributed by atoms with E-state index in [2.05, 4.69) is 14.2 Å². The Labute approximate surface area is 288 Å². The molecule has 0 aromatic carbocycles. The predicted octanol–water partition coefficient (Wildman–Crippen LogP) is -20.5. The second-order valence-electron chi connectivity index (χ2n) is 8.09. The van der Waals surface area contributed by atoms with Gasteiger partial charge in [0, 0.05) is 18.9 Å². The zero-order valence-electron chi connectivity index (χ0n) is 21.6. The molecule has 18 nitrogen and oxygen atoms in total. The summed E-state index contributed by atoms with van der Waals surface area (Å²) in [5, 5.41) is 139. The maximum atomic E-state index is 10.7. The quantitative estimate of drug-likeness (QED) is 0.133. The van der Waals surface area contributed by atoms with E-state index in [0.717, 1.165) is 0 Å². The minimum Gasteiger partial charge on any atom is -0.829 e. The molecule has 0 spiro atoms. The van der Waals surface area contributed by atoms with Crippen LogP contribution in [0.15, 0.2) is 0 Å². The number of hydrogen-bond donors (Lipinski definition) is 12. The van der Waals surface area contributed by atoms with E-state index in [1.807, 2.05) is 0 Å². The molecule has 0 saturated carbocycles. The molecule has 216 valence electrons. The zero-order chi connectivity index (χ0) is 27.9. The predicted molar refractivity (Wildman–Crippen MR) is 101 cm³/mol. The van der Waals surface area contributed by atoms with Crippen molar-refractivity contribution in [2.24, 2.45) is 0 Å². The Morgan fingerprint density at radius 2 is 0.538 bits per heavy atom. The van der Waals surface area contributed by atoms with Gasteiger partial charge < -0.3 is 90.8 Å². The molecular formula is C18H33Na3O18. The van der Waals surface area contributed by atoms with Gasteiger partial charge in [-0.15, -0.1) is 0 Å². The Bertz CT molecular complexity index is 535. The van der Waals surface area contributed by atoms with Crippen LogP contribution in [0.1, 0.15) is 0 Å². The monoisotopic (exact) mass is 606 g/mol. The van der Waals surface area contributed by atoms with Crippen LogP contribution in [0.3, 0.4) is 0 Å². The molecule has 3 fully saturated rings. The summed E-state index contributed by atoms with van der Waals surface area (Å²) in [6.45, 7) is -1.70. The van der Waals surface area contributed by atoms with Crippen molar-refractivity contribution in [3.8, 4) is 0 Å². The summed E-state index contributed by atoms with van der Waals surface area (Å²) >= 11 is 0. The van der Waals surface area contributed by atoms with Crippen LogP contribution in [0.4, 0.5) is 0 Å². The van der Waals surface area contributed by atoms with E-state index in [4.69, 9.17) is 61.3 Å². The van der Waals surface area contributed by atoms with E-state index >= 15 is 0 Å². The summed E-state index contributed by atoms with van der Waals surface area (Å²) in [4.78, 5) is 0. The van der Waals surface area contributed by atoms with Crippen LogP contribution in [-0.2, 0) is 14.2 Å². The van der Waals surface area contributed by atoms with Gasteiger partial charge in [-0.2, -0.15) is 0 Å². The summed E-state index contributed by atoms with van der Waals surface area (Å²) < 4.78 is 13.4. The Hall–Kier alpha value is 2.28. The molecule has 0 aliphatic carbocycles. The van der Waals surface area contributed by atoms with Gasteiger partial charge in [-0.05, 0) is 0 Å². The topological polar surface area (TPSA) is 340 Å². The van der Waals surface area contributed by atoms with Crippen molar-refractivity contribution < 1.29 is 179 Å². The van der Waals surface area contributed by atoms with Crippen LogP contribution in [0.25, 0.3) is 0 Å². The molecule has 3 heterocycles. The fourth-order valence-electron chi connectivity index (χ4n) is 3.20. The van der Waals surface area contributed by atoms with Gasteiger partial charge in [-0.3, -0.25) is 0 Å². The van der Waals surface area contributed by atoms with Gasteiger partial charge in [0.25, 0.3) is 0 Å². The number of ether oxygens (including phenoxy) is 3. The van der Waals surface area contributed by atoms with Crippen molar-refractivity contribution in [2.75, 3.05) is 19.8 Å². The van der Waals surface area contributed by atoms with Crippen molar-refractivity contribution in [3.05, 3.63) is 0 Å². The van der Waals surface area contributed by atoms with Crippen LogP contribution < -0.4 is 104 Å². The minimum absolute atomic E-state index is 0. The Balaban J connectivity index is -0.000000480. The number of aliphatic hydroxyl groups is 12. The summed E-state index contributed by atoms with van der Waals surface area (Å²) in [6, 6.07) is 0. The number of aliphatic hydroxyl groups excluding tert-OH is 12. The van der Waals surface area contributed by atoms with E-state index in [-0.39, 0.29) is 88.7 Å². The summed E-state index contributed by atoms with van der Waals surface area (Å²) in [5.74, 6) is 0. The first-order chi connectivity index (χ1) is 16.7. The second-order valence-corrected chi connectivity index (χ2v) is 8.09. The fourth-order valence-corrected chi connectivity index (χ4v) is 3.20. The van der Waals surface area contributed by atoms with Gasteiger partial charge in [-0.1, -0.05) is 0 Å². The molecule has 3 aliphatic heterocycles. The number of rotatable bonds is 3. The molecule has 3 aliphatic rings. The molecule has 39 heavy (non-hydrogen) atoms. The third-order valence-corrected chi connectivity index (χ3v) is 5.55. The van der Waals surface area contributed by atoms with Gasteiger partial charge >= 0.3 is 88.7 Å². The summed E-state index contributed by atoms with van der Waals surface area (Å²) in [7, 11) is 0. The minimum atomic E-state index is -1.82. The molecular weight excluding hydrogens is 573 g/mol. The molecule has 0 radical (unpaired) electrons. The Morgan fingerprint density at radius 1 is 0.359 bits per heavy atom. The van der Waals surface area contributed by atoms with Gasteiger partial charge in [0.2, 0.25) is 0 Å².